The molecule has 0 N–H and O–H groups in total. The molecular formula is C18H18N2OS2. The molecule has 118 valence electrons. The summed E-state index contributed by atoms with van der Waals surface area (Å²) in [7, 11) is 0. The molecule has 1 atom stereocenters. The molecule has 3 nitrogen and oxygen atoms in total. The number of thiophene rings is 1. The summed E-state index contributed by atoms with van der Waals surface area (Å²) in [4.78, 5) is 20.7. The predicted molar refractivity (Wildman–Crippen MR) is 95.9 cm³/mol. The van der Waals surface area contributed by atoms with E-state index in [2.05, 4.69) is 17.5 Å². The molecule has 23 heavy (non-hydrogen) atoms. The smallest absolute Gasteiger partial charge is 0.223 e. The first-order valence-corrected chi connectivity index (χ1v) is 9.68. The maximum atomic E-state index is 12.6. The SMILES string of the molecule is O=C(CCc1cccs1)N1CCC[C@@H]1c1nc2ccccc2s1. The maximum Gasteiger partial charge on any atom is 0.223 e. The van der Waals surface area contributed by atoms with Gasteiger partial charge in [-0.3, -0.25) is 4.79 Å². The van der Waals surface area contributed by atoms with E-state index in [0.29, 0.717) is 6.42 Å². The van der Waals surface area contributed by atoms with Gasteiger partial charge in [0.1, 0.15) is 5.01 Å². The van der Waals surface area contributed by atoms with E-state index in [4.69, 9.17) is 4.98 Å². The van der Waals surface area contributed by atoms with Crippen molar-refractivity contribution in [3.05, 3.63) is 51.7 Å². The number of hydrogen-bond donors (Lipinski definition) is 0. The van der Waals surface area contributed by atoms with Crippen LogP contribution in [0, 0.1) is 0 Å². The lowest BCUT2D eigenvalue weighted by Gasteiger charge is -2.23. The van der Waals surface area contributed by atoms with Crippen molar-refractivity contribution < 1.29 is 4.79 Å². The van der Waals surface area contributed by atoms with Gasteiger partial charge in [0.15, 0.2) is 0 Å². The van der Waals surface area contributed by atoms with Gasteiger partial charge in [-0.05, 0) is 42.8 Å². The minimum Gasteiger partial charge on any atom is -0.333 e. The number of benzene rings is 1. The molecule has 0 spiro atoms. The third-order valence-corrected chi connectivity index (χ3v) is 6.41. The van der Waals surface area contributed by atoms with Crippen LogP contribution in [0.25, 0.3) is 10.2 Å². The van der Waals surface area contributed by atoms with Crippen molar-refractivity contribution in [1.29, 1.82) is 0 Å². The summed E-state index contributed by atoms with van der Waals surface area (Å²) in [6.45, 7) is 0.865. The minimum absolute atomic E-state index is 0.170. The van der Waals surface area contributed by atoms with E-state index in [1.165, 1.54) is 9.58 Å². The number of nitrogens with zero attached hydrogens (tertiary/aromatic N) is 2. The van der Waals surface area contributed by atoms with Crippen LogP contribution >= 0.6 is 22.7 Å². The summed E-state index contributed by atoms with van der Waals surface area (Å²) in [5, 5.41) is 3.16. The van der Waals surface area contributed by atoms with Crippen LogP contribution in [0.5, 0.6) is 0 Å². The van der Waals surface area contributed by atoms with Gasteiger partial charge in [-0.15, -0.1) is 22.7 Å². The van der Waals surface area contributed by atoms with Gasteiger partial charge in [-0.2, -0.15) is 0 Å². The average Bonchev–Trinajstić information content (AvgIpc) is 3.31. The van der Waals surface area contributed by atoms with Gasteiger partial charge in [0.2, 0.25) is 5.91 Å². The Morgan fingerprint density at radius 3 is 3.00 bits per heavy atom. The Morgan fingerprint density at radius 2 is 2.17 bits per heavy atom. The summed E-state index contributed by atoms with van der Waals surface area (Å²) in [6, 6.07) is 12.5. The number of hydrogen-bond acceptors (Lipinski definition) is 4. The fourth-order valence-electron chi connectivity index (χ4n) is 3.18. The first-order chi connectivity index (χ1) is 11.3. The Kier molecular flexibility index (Phi) is 4.14. The van der Waals surface area contributed by atoms with Gasteiger partial charge < -0.3 is 4.90 Å². The van der Waals surface area contributed by atoms with Crippen LogP contribution in [0.4, 0.5) is 0 Å². The van der Waals surface area contributed by atoms with E-state index in [-0.39, 0.29) is 11.9 Å². The molecule has 5 heteroatoms. The molecule has 4 rings (SSSR count). The molecule has 0 unspecified atom stereocenters. The van der Waals surface area contributed by atoms with Gasteiger partial charge in [0.25, 0.3) is 0 Å². The zero-order chi connectivity index (χ0) is 15.6. The highest BCUT2D eigenvalue weighted by Gasteiger charge is 2.31. The fourth-order valence-corrected chi connectivity index (χ4v) is 5.01. The summed E-state index contributed by atoms with van der Waals surface area (Å²) >= 11 is 3.46. The number of carbonyl (C=O) groups is 1. The maximum absolute atomic E-state index is 12.6. The Balaban J connectivity index is 1.50. The van der Waals surface area contributed by atoms with Crippen LogP contribution in [0.15, 0.2) is 41.8 Å². The number of likely N-dealkylation sites (tertiary alicyclic amines) is 1. The largest absolute Gasteiger partial charge is 0.333 e. The summed E-state index contributed by atoms with van der Waals surface area (Å²) in [5.74, 6) is 0.264. The first-order valence-electron chi connectivity index (χ1n) is 7.98. The molecule has 1 aliphatic rings. The zero-order valence-electron chi connectivity index (χ0n) is 12.8. The number of para-hydroxylation sites is 1. The van der Waals surface area contributed by atoms with Gasteiger partial charge in [0.05, 0.1) is 16.3 Å². The topological polar surface area (TPSA) is 33.2 Å². The van der Waals surface area contributed by atoms with Crippen LogP contribution in [0.2, 0.25) is 0 Å². The lowest BCUT2D eigenvalue weighted by Crippen LogP contribution is -2.30. The van der Waals surface area contributed by atoms with Crippen LogP contribution in [-0.4, -0.2) is 22.3 Å². The van der Waals surface area contributed by atoms with Crippen LogP contribution < -0.4 is 0 Å². The van der Waals surface area contributed by atoms with Crippen molar-refractivity contribution in [2.45, 2.75) is 31.7 Å². The normalized spacial score (nSPS) is 17.9. The van der Waals surface area contributed by atoms with Crippen molar-refractivity contribution in [1.82, 2.24) is 9.88 Å². The van der Waals surface area contributed by atoms with Gasteiger partial charge >= 0.3 is 0 Å². The number of thiazole rings is 1. The van der Waals surface area contributed by atoms with E-state index >= 15 is 0 Å². The van der Waals surface area contributed by atoms with Crippen LogP contribution in [0.3, 0.4) is 0 Å². The number of carbonyl (C=O) groups excluding carboxylic acids is 1. The monoisotopic (exact) mass is 342 g/mol. The van der Waals surface area contributed by atoms with E-state index in [1.807, 2.05) is 29.2 Å². The quantitative estimate of drug-likeness (QED) is 0.691. The summed E-state index contributed by atoms with van der Waals surface area (Å²) in [5.41, 5.74) is 1.05. The van der Waals surface area contributed by atoms with Crippen molar-refractivity contribution in [2.24, 2.45) is 0 Å². The number of rotatable bonds is 4. The molecule has 2 aromatic heterocycles. The molecule has 1 fully saturated rings. The predicted octanol–water partition coefficient (Wildman–Crippen LogP) is 4.65. The van der Waals surface area contributed by atoms with Crippen LogP contribution in [-0.2, 0) is 11.2 Å². The molecule has 3 aromatic rings. The lowest BCUT2D eigenvalue weighted by atomic mass is 10.2. The zero-order valence-corrected chi connectivity index (χ0v) is 14.4. The number of aryl methyl sites for hydroxylation is 1. The third kappa shape index (κ3) is 3.03. The first kappa shape index (κ1) is 14.8. The Bertz CT molecular complexity index is 776. The molecule has 0 aliphatic carbocycles. The second kappa shape index (κ2) is 6.42. The fraction of sp³-hybridized carbons (Fsp3) is 0.333. The lowest BCUT2D eigenvalue weighted by molar-refractivity contribution is -0.132. The average molecular weight is 342 g/mol. The molecule has 0 bridgehead atoms. The van der Waals surface area contributed by atoms with E-state index < -0.39 is 0 Å². The highest BCUT2D eigenvalue weighted by Crippen LogP contribution is 2.36. The van der Waals surface area contributed by atoms with Crippen molar-refractivity contribution in [3.8, 4) is 0 Å². The molecule has 3 heterocycles. The van der Waals surface area contributed by atoms with Crippen molar-refractivity contribution >= 4 is 38.8 Å². The minimum atomic E-state index is 0.170. The third-order valence-electron chi connectivity index (χ3n) is 4.33. The molecule has 0 saturated carbocycles. The van der Waals surface area contributed by atoms with Crippen LogP contribution in [0.1, 0.15) is 35.2 Å². The Morgan fingerprint density at radius 1 is 1.26 bits per heavy atom. The van der Waals surface area contributed by atoms with Crippen molar-refractivity contribution in [3.63, 3.8) is 0 Å². The Hall–Kier alpha value is -1.72. The number of fused-ring (bicyclic) bond motifs is 1. The van der Waals surface area contributed by atoms with E-state index in [0.717, 1.165) is 36.3 Å². The second-order valence-corrected chi connectivity index (χ2v) is 7.94. The summed E-state index contributed by atoms with van der Waals surface area (Å²) in [6.07, 6.45) is 3.55. The molecule has 1 aliphatic heterocycles. The molecular weight excluding hydrogens is 324 g/mol. The van der Waals surface area contributed by atoms with Gasteiger partial charge in [-0.25, -0.2) is 4.98 Å². The number of amides is 1. The van der Waals surface area contributed by atoms with Gasteiger partial charge in [0, 0.05) is 17.8 Å². The Labute approximate surface area is 143 Å². The molecule has 1 aromatic carbocycles. The standard InChI is InChI=1S/C18H18N2OS2/c21-17(10-9-13-5-4-12-22-13)20-11-3-7-15(20)18-19-14-6-1-2-8-16(14)23-18/h1-2,4-6,8,12,15H,3,7,9-11H2/t15-/m1/s1. The van der Waals surface area contributed by atoms with Crippen molar-refractivity contribution in [2.75, 3.05) is 6.54 Å². The van der Waals surface area contributed by atoms with Gasteiger partial charge in [-0.1, -0.05) is 18.2 Å². The summed E-state index contributed by atoms with van der Waals surface area (Å²) < 4.78 is 1.21. The second-order valence-electron chi connectivity index (χ2n) is 5.84. The molecule has 0 radical (unpaired) electrons. The van der Waals surface area contributed by atoms with E-state index in [9.17, 15) is 4.79 Å². The van der Waals surface area contributed by atoms with E-state index in [1.54, 1.807) is 22.7 Å². The highest BCUT2D eigenvalue weighted by atomic mass is 32.1. The molecule has 1 amide bonds. The highest BCUT2D eigenvalue weighted by molar-refractivity contribution is 7.18. The molecule has 1 saturated heterocycles. The number of aromatic nitrogens is 1.